The van der Waals surface area contributed by atoms with Crippen LogP contribution in [0.15, 0.2) is 46.1 Å². The largest absolute Gasteiger partial charge is 0.495 e. The summed E-state index contributed by atoms with van der Waals surface area (Å²) < 4.78 is 34.7. The summed E-state index contributed by atoms with van der Waals surface area (Å²) in [5.41, 5.74) is 6.35. The molecule has 0 unspecified atom stereocenters. The topological polar surface area (TPSA) is 96.3 Å². The number of imidazole rings is 1. The van der Waals surface area contributed by atoms with Gasteiger partial charge in [-0.1, -0.05) is 30.9 Å². The summed E-state index contributed by atoms with van der Waals surface area (Å²) in [6.45, 7) is 0. The van der Waals surface area contributed by atoms with Gasteiger partial charge in [-0.2, -0.15) is 3.97 Å². The van der Waals surface area contributed by atoms with Crippen molar-refractivity contribution in [1.82, 2.24) is 8.54 Å². The Morgan fingerprint density at radius 2 is 1.79 bits per heavy atom. The van der Waals surface area contributed by atoms with E-state index in [0.29, 0.717) is 21.7 Å². The van der Waals surface area contributed by atoms with Crippen molar-refractivity contribution in [2.75, 3.05) is 12.8 Å². The van der Waals surface area contributed by atoms with Gasteiger partial charge in [0.05, 0.1) is 18.1 Å². The first-order valence-electron chi connectivity index (χ1n) is 9.46. The molecule has 4 rings (SSSR count). The van der Waals surface area contributed by atoms with Crippen LogP contribution < -0.4 is 16.2 Å². The molecule has 1 fully saturated rings. The Kier molecular flexibility index (Phi) is 5.08. The van der Waals surface area contributed by atoms with Crippen molar-refractivity contribution in [3.8, 4) is 5.75 Å². The van der Waals surface area contributed by atoms with Crippen molar-refractivity contribution in [3.63, 3.8) is 0 Å². The van der Waals surface area contributed by atoms with Gasteiger partial charge in [0.25, 0.3) is 10.0 Å². The van der Waals surface area contributed by atoms with Gasteiger partial charge in [0.1, 0.15) is 10.6 Å². The van der Waals surface area contributed by atoms with Gasteiger partial charge in [0.15, 0.2) is 0 Å². The Hall–Kier alpha value is -2.45. The van der Waals surface area contributed by atoms with Gasteiger partial charge in [0, 0.05) is 22.8 Å². The summed E-state index contributed by atoms with van der Waals surface area (Å²) >= 11 is 6.18. The number of nitrogens with zero attached hydrogens (tertiary/aromatic N) is 2. The number of anilines is 1. The van der Waals surface area contributed by atoms with Crippen molar-refractivity contribution in [2.24, 2.45) is 0 Å². The predicted octanol–water partition coefficient (Wildman–Crippen LogP) is 3.79. The number of fused-ring (bicyclic) bond motifs is 1. The molecule has 9 heteroatoms. The maximum absolute atomic E-state index is 13.5. The zero-order chi connectivity index (χ0) is 20.8. The zero-order valence-corrected chi connectivity index (χ0v) is 17.5. The molecule has 1 aromatic heterocycles. The Morgan fingerprint density at radius 1 is 1.07 bits per heavy atom. The molecule has 29 heavy (non-hydrogen) atoms. The SMILES string of the molecule is COc1cc(N)ccc1S(=O)(=O)n1c(=O)n(C2CCCCC2)c2cc(Cl)ccc21. The fraction of sp³-hybridized carbons (Fsp3) is 0.350. The van der Waals surface area contributed by atoms with Crippen LogP contribution in [0.5, 0.6) is 5.75 Å². The number of benzene rings is 2. The van der Waals surface area contributed by atoms with Crippen LogP contribution in [0.4, 0.5) is 5.69 Å². The maximum atomic E-state index is 13.5. The summed E-state index contributed by atoms with van der Waals surface area (Å²) in [5.74, 6) is 0.0874. The standard InChI is InChI=1S/C20H22ClN3O4S/c1-28-18-12-14(22)8-10-19(18)29(26,27)24-16-9-7-13(21)11-17(16)23(20(24)25)15-5-3-2-4-6-15/h7-12,15H,2-6,22H2,1H3. The molecule has 3 aromatic rings. The summed E-state index contributed by atoms with van der Waals surface area (Å²) in [6, 6.07) is 9.00. The van der Waals surface area contributed by atoms with Gasteiger partial charge in [-0.05, 0) is 43.2 Å². The molecule has 1 heterocycles. The number of hydrogen-bond acceptors (Lipinski definition) is 5. The third-order valence-corrected chi connectivity index (χ3v) is 7.40. The van der Waals surface area contributed by atoms with Crippen molar-refractivity contribution in [2.45, 2.75) is 43.0 Å². The number of ether oxygens (including phenoxy) is 1. The molecule has 0 bridgehead atoms. The highest BCUT2D eigenvalue weighted by Crippen LogP contribution is 2.33. The van der Waals surface area contributed by atoms with E-state index in [0.717, 1.165) is 36.1 Å². The minimum absolute atomic E-state index is 0.0537. The minimum atomic E-state index is -4.23. The third-order valence-electron chi connectivity index (χ3n) is 5.44. The van der Waals surface area contributed by atoms with Crippen molar-refractivity contribution in [1.29, 1.82) is 0 Å². The lowest BCUT2D eigenvalue weighted by Crippen LogP contribution is -2.32. The van der Waals surface area contributed by atoms with Crippen LogP contribution in [0.2, 0.25) is 5.02 Å². The summed E-state index contributed by atoms with van der Waals surface area (Å²) in [6.07, 6.45) is 4.78. The number of halogens is 1. The zero-order valence-electron chi connectivity index (χ0n) is 16.0. The third kappa shape index (κ3) is 3.30. The summed E-state index contributed by atoms with van der Waals surface area (Å²) in [5, 5.41) is 0.446. The minimum Gasteiger partial charge on any atom is -0.495 e. The van der Waals surface area contributed by atoms with E-state index in [1.807, 2.05) is 0 Å². The molecule has 0 atom stereocenters. The number of aromatic nitrogens is 2. The molecule has 0 aliphatic heterocycles. The summed E-state index contributed by atoms with van der Waals surface area (Å²) in [4.78, 5) is 13.3. The first-order valence-corrected chi connectivity index (χ1v) is 11.3. The number of methoxy groups -OCH3 is 1. The molecule has 0 amide bonds. The Morgan fingerprint density at radius 3 is 2.48 bits per heavy atom. The fourth-order valence-electron chi connectivity index (χ4n) is 4.09. The van der Waals surface area contributed by atoms with E-state index in [4.69, 9.17) is 22.1 Å². The normalized spacial score (nSPS) is 15.7. The molecule has 7 nitrogen and oxygen atoms in total. The van der Waals surface area contributed by atoms with Gasteiger partial charge in [0.2, 0.25) is 0 Å². The molecule has 1 aliphatic carbocycles. The molecule has 0 spiro atoms. The van der Waals surface area contributed by atoms with Crippen molar-refractivity contribution in [3.05, 3.63) is 51.9 Å². The quantitative estimate of drug-likeness (QED) is 0.629. The van der Waals surface area contributed by atoms with E-state index >= 15 is 0 Å². The van der Waals surface area contributed by atoms with E-state index in [2.05, 4.69) is 0 Å². The molecule has 0 radical (unpaired) electrons. The maximum Gasteiger partial charge on any atom is 0.343 e. The molecular formula is C20H22ClN3O4S. The smallest absolute Gasteiger partial charge is 0.343 e. The number of nitrogen functional groups attached to an aromatic ring is 1. The predicted molar refractivity (Wildman–Crippen MR) is 113 cm³/mol. The van der Waals surface area contributed by atoms with Gasteiger partial charge < -0.3 is 10.5 Å². The van der Waals surface area contributed by atoms with Crippen LogP contribution in [0.3, 0.4) is 0 Å². The van der Waals surface area contributed by atoms with E-state index in [9.17, 15) is 13.2 Å². The highest BCUT2D eigenvalue weighted by atomic mass is 35.5. The molecule has 1 saturated carbocycles. The van der Waals surface area contributed by atoms with Crippen LogP contribution in [-0.4, -0.2) is 24.1 Å². The lowest BCUT2D eigenvalue weighted by atomic mass is 9.95. The molecule has 154 valence electrons. The number of rotatable bonds is 4. The lowest BCUT2D eigenvalue weighted by Gasteiger charge is -2.22. The van der Waals surface area contributed by atoms with Gasteiger partial charge >= 0.3 is 5.69 Å². The second-order valence-corrected chi connectivity index (χ2v) is 9.45. The van der Waals surface area contributed by atoms with E-state index in [1.54, 1.807) is 22.8 Å². The van der Waals surface area contributed by atoms with E-state index < -0.39 is 15.7 Å². The molecule has 0 saturated heterocycles. The average Bonchev–Trinajstić information content (AvgIpc) is 2.99. The van der Waals surface area contributed by atoms with Crippen LogP contribution in [0.25, 0.3) is 11.0 Å². The fourth-order valence-corrected chi connectivity index (χ4v) is 5.79. The van der Waals surface area contributed by atoms with Crippen LogP contribution in [-0.2, 0) is 10.0 Å². The van der Waals surface area contributed by atoms with Gasteiger partial charge in [-0.3, -0.25) is 4.57 Å². The highest BCUT2D eigenvalue weighted by molar-refractivity contribution is 7.90. The lowest BCUT2D eigenvalue weighted by molar-refractivity contribution is 0.353. The molecule has 2 N–H and O–H groups in total. The Balaban J connectivity index is 2.02. The highest BCUT2D eigenvalue weighted by Gasteiger charge is 2.30. The Bertz CT molecular complexity index is 1240. The van der Waals surface area contributed by atoms with Crippen molar-refractivity contribution >= 4 is 38.3 Å². The molecule has 1 aliphatic rings. The van der Waals surface area contributed by atoms with Crippen LogP contribution in [0, 0.1) is 0 Å². The van der Waals surface area contributed by atoms with E-state index in [-0.39, 0.29) is 16.7 Å². The monoisotopic (exact) mass is 435 g/mol. The van der Waals surface area contributed by atoms with Crippen molar-refractivity contribution < 1.29 is 13.2 Å². The second-order valence-electron chi connectivity index (χ2n) is 7.26. The molecule has 2 aromatic carbocycles. The van der Waals surface area contributed by atoms with E-state index in [1.165, 1.54) is 25.3 Å². The number of hydrogen-bond donors (Lipinski definition) is 1. The molecular weight excluding hydrogens is 414 g/mol. The van der Waals surface area contributed by atoms with Gasteiger partial charge in [-0.25, -0.2) is 13.2 Å². The van der Waals surface area contributed by atoms with Crippen LogP contribution >= 0.6 is 11.6 Å². The first kappa shape index (κ1) is 19.8. The summed E-state index contributed by atoms with van der Waals surface area (Å²) in [7, 11) is -2.86. The second kappa shape index (κ2) is 7.42. The van der Waals surface area contributed by atoms with Crippen LogP contribution in [0.1, 0.15) is 38.1 Å². The number of nitrogens with two attached hydrogens (primary N) is 1. The van der Waals surface area contributed by atoms with Gasteiger partial charge in [-0.15, -0.1) is 0 Å². The first-order chi connectivity index (χ1) is 13.8. The Labute approximate surface area is 173 Å². The average molecular weight is 436 g/mol.